The van der Waals surface area contributed by atoms with E-state index in [4.69, 9.17) is 9.84 Å². The fourth-order valence-electron chi connectivity index (χ4n) is 0.844. The molecule has 0 saturated heterocycles. The average Bonchev–Trinajstić information content (AvgIpc) is 2.03. The van der Waals surface area contributed by atoms with Gasteiger partial charge in [-0.2, -0.15) is 0 Å². The Morgan fingerprint density at radius 3 is 2.67 bits per heavy atom. The summed E-state index contributed by atoms with van der Waals surface area (Å²) in [7, 11) is 1.50. The topological polar surface area (TPSA) is 46.5 Å². The normalized spacial score (nSPS) is 11.7. The Balaban J connectivity index is 3.90. The maximum atomic E-state index is 10.5. The van der Waals surface area contributed by atoms with Crippen LogP contribution in [0.2, 0.25) is 0 Å². The van der Waals surface area contributed by atoms with Gasteiger partial charge in [0.1, 0.15) is 0 Å². The Kier molecular flexibility index (Phi) is 6.38. The second-order valence-corrected chi connectivity index (χ2v) is 2.61. The molecule has 3 nitrogen and oxygen atoms in total. The van der Waals surface area contributed by atoms with Gasteiger partial charge in [0.25, 0.3) is 0 Å². The quantitative estimate of drug-likeness (QED) is 0.491. The number of hydrogen-bond acceptors (Lipinski definition) is 2. The fourth-order valence-corrected chi connectivity index (χ4v) is 0.844. The smallest absolute Gasteiger partial charge is 0.333 e. The summed E-state index contributed by atoms with van der Waals surface area (Å²) in [5.41, 5.74) is 0.353. The minimum absolute atomic E-state index is 0.193. The molecule has 70 valence electrons. The number of ether oxygens (including phenoxy) is 1. The van der Waals surface area contributed by atoms with Crippen molar-refractivity contribution < 1.29 is 14.6 Å². The predicted molar refractivity (Wildman–Crippen MR) is 47.1 cm³/mol. The molecule has 3 heteroatoms. The van der Waals surface area contributed by atoms with Crippen molar-refractivity contribution in [1.29, 1.82) is 0 Å². The van der Waals surface area contributed by atoms with Gasteiger partial charge in [0, 0.05) is 7.11 Å². The molecule has 0 aromatic rings. The van der Waals surface area contributed by atoms with E-state index in [0.29, 0.717) is 5.57 Å². The third-order valence-electron chi connectivity index (χ3n) is 1.52. The molecule has 0 aliphatic heterocycles. The van der Waals surface area contributed by atoms with Gasteiger partial charge >= 0.3 is 5.97 Å². The number of carboxylic acid groups (broad SMARTS) is 1. The van der Waals surface area contributed by atoms with Crippen LogP contribution in [0.25, 0.3) is 0 Å². The Labute approximate surface area is 73.0 Å². The van der Waals surface area contributed by atoms with E-state index in [1.807, 2.05) is 0 Å². The summed E-state index contributed by atoms with van der Waals surface area (Å²) in [6.07, 6.45) is 4.66. The second-order valence-electron chi connectivity index (χ2n) is 2.61. The van der Waals surface area contributed by atoms with Gasteiger partial charge in [0.2, 0.25) is 0 Å². The zero-order valence-corrected chi connectivity index (χ0v) is 7.67. The van der Waals surface area contributed by atoms with E-state index in [-0.39, 0.29) is 6.61 Å². The van der Waals surface area contributed by atoms with Gasteiger partial charge < -0.3 is 9.84 Å². The van der Waals surface area contributed by atoms with Gasteiger partial charge in [-0.1, -0.05) is 25.8 Å². The van der Waals surface area contributed by atoms with Crippen molar-refractivity contribution >= 4 is 5.97 Å². The second kappa shape index (κ2) is 6.85. The van der Waals surface area contributed by atoms with Crippen LogP contribution in [0, 0.1) is 0 Å². The van der Waals surface area contributed by atoms with E-state index in [2.05, 4.69) is 6.92 Å². The molecule has 0 aromatic heterocycles. The van der Waals surface area contributed by atoms with Crippen LogP contribution in [0.4, 0.5) is 0 Å². The van der Waals surface area contributed by atoms with Crippen molar-refractivity contribution in [2.24, 2.45) is 0 Å². The van der Waals surface area contributed by atoms with Gasteiger partial charge in [-0.3, -0.25) is 0 Å². The number of rotatable bonds is 6. The van der Waals surface area contributed by atoms with Crippen LogP contribution in [0.15, 0.2) is 11.6 Å². The maximum Gasteiger partial charge on any atom is 0.333 e. The maximum absolute atomic E-state index is 10.5. The van der Waals surface area contributed by atoms with Gasteiger partial charge in [-0.05, 0) is 6.42 Å². The summed E-state index contributed by atoms with van der Waals surface area (Å²) in [6.45, 7) is 2.27. The number of unbranched alkanes of at least 4 members (excludes halogenated alkanes) is 2. The Morgan fingerprint density at radius 1 is 1.58 bits per heavy atom. The van der Waals surface area contributed by atoms with E-state index >= 15 is 0 Å². The minimum atomic E-state index is -0.882. The molecule has 0 rings (SSSR count). The third kappa shape index (κ3) is 4.91. The molecule has 0 saturated carbocycles. The zero-order chi connectivity index (χ0) is 9.40. The molecule has 0 spiro atoms. The first kappa shape index (κ1) is 11.2. The summed E-state index contributed by atoms with van der Waals surface area (Å²) < 4.78 is 4.75. The molecular weight excluding hydrogens is 156 g/mol. The molecule has 0 aromatic carbocycles. The lowest BCUT2D eigenvalue weighted by atomic mass is 10.2. The summed E-state index contributed by atoms with van der Waals surface area (Å²) in [6, 6.07) is 0. The van der Waals surface area contributed by atoms with Crippen molar-refractivity contribution in [2.45, 2.75) is 26.2 Å². The first-order chi connectivity index (χ1) is 5.72. The highest BCUT2D eigenvalue weighted by Gasteiger charge is 2.04. The lowest BCUT2D eigenvalue weighted by molar-refractivity contribution is -0.133. The van der Waals surface area contributed by atoms with Gasteiger partial charge in [0.05, 0.1) is 12.2 Å². The number of aliphatic carboxylic acids is 1. The molecule has 0 aliphatic carbocycles. The summed E-state index contributed by atoms with van der Waals surface area (Å²) in [4.78, 5) is 10.5. The highest BCUT2D eigenvalue weighted by Crippen LogP contribution is 2.02. The first-order valence-electron chi connectivity index (χ1n) is 4.13. The van der Waals surface area contributed by atoms with E-state index in [0.717, 1.165) is 19.3 Å². The summed E-state index contributed by atoms with van der Waals surface area (Å²) in [5.74, 6) is -0.882. The Bertz CT molecular complexity index is 161. The average molecular weight is 172 g/mol. The van der Waals surface area contributed by atoms with E-state index in [1.165, 1.54) is 7.11 Å². The van der Waals surface area contributed by atoms with Gasteiger partial charge in [-0.25, -0.2) is 4.79 Å². The van der Waals surface area contributed by atoms with Crippen molar-refractivity contribution in [3.05, 3.63) is 11.6 Å². The van der Waals surface area contributed by atoms with Crippen LogP contribution < -0.4 is 0 Å². The summed E-state index contributed by atoms with van der Waals surface area (Å²) in [5, 5.41) is 8.66. The molecule has 1 N–H and O–H groups in total. The van der Waals surface area contributed by atoms with Crippen molar-refractivity contribution in [3.8, 4) is 0 Å². The number of methoxy groups -OCH3 is 1. The number of allylic oxidation sites excluding steroid dienone is 1. The van der Waals surface area contributed by atoms with Crippen LogP contribution in [-0.2, 0) is 9.53 Å². The Morgan fingerprint density at radius 2 is 2.25 bits per heavy atom. The highest BCUT2D eigenvalue weighted by atomic mass is 16.5. The van der Waals surface area contributed by atoms with Crippen molar-refractivity contribution in [3.63, 3.8) is 0 Å². The number of carboxylic acids is 1. The lowest BCUT2D eigenvalue weighted by Gasteiger charge is -1.99. The molecule has 12 heavy (non-hydrogen) atoms. The van der Waals surface area contributed by atoms with Gasteiger partial charge in [-0.15, -0.1) is 0 Å². The monoisotopic (exact) mass is 172 g/mol. The molecule has 0 amide bonds. The molecule has 0 atom stereocenters. The number of hydrogen-bond donors (Lipinski definition) is 1. The molecule has 0 fully saturated rings. The largest absolute Gasteiger partial charge is 0.478 e. The Hall–Kier alpha value is -0.830. The van der Waals surface area contributed by atoms with Crippen molar-refractivity contribution in [2.75, 3.05) is 13.7 Å². The van der Waals surface area contributed by atoms with E-state index < -0.39 is 5.97 Å². The molecule has 0 bridgehead atoms. The molecule has 0 radical (unpaired) electrons. The van der Waals surface area contributed by atoms with Crippen LogP contribution in [0.3, 0.4) is 0 Å². The lowest BCUT2D eigenvalue weighted by Crippen LogP contribution is -2.06. The molecular formula is C9H16O3. The molecule has 0 unspecified atom stereocenters. The van der Waals surface area contributed by atoms with E-state index in [9.17, 15) is 4.79 Å². The van der Waals surface area contributed by atoms with Crippen LogP contribution in [0.1, 0.15) is 26.2 Å². The summed E-state index contributed by atoms with van der Waals surface area (Å²) >= 11 is 0. The molecule has 0 heterocycles. The SMILES string of the molecule is CCCCC=C(COC)C(=O)O. The van der Waals surface area contributed by atoms with Crippen LogP contribution >= 0.6 is 0 Å². The fraction of sp³-hybridized carbons (Fsp3) is 0.667. The predicted octanol–water partition coefficient (Wildman–Crippen LogP) is 1.83. The minimum Gasteiger partial charge on any atom is -0.478 e. The van der Waals surface area contributed by atoms with Gasteiger partial charge in [0.15, 0.2) is 0 Å². The van der Waals surface area contributed by atoms with Crippen LogP contribution in [-0.4, -0.2) is 24.8 Å². The van der Waals surface area contributed by atoms with E-state index in [1.54, 1.807) is 6.08 Å². The third-order valence-corrected chi connectivity index (χ3v) is 1.52. The highest BCUT2D eigenvalue weighted by molar-refractivity contribution is 5.86. The van der Waals surface area contributed by atoms with Crippen LogP contribution in [0.5, 0.6) is 0 Å². The number of carbonyl (C=O) groups is 1. The zero-order valence-electron chi connectivity index (χ0n) is 7.67. The first-order valence-corrected chi connectivity index (χ1v) is 4.13. The standard InChI is InChI=1S/C9H16O3/c1-3-4-5-6-8(7-12-2)9(10)11/h6H,3-5,7H2,1-2H3,(H,10,11). The van der Waals surface area contributed by atoms with Crippen molar-refractivity contribution in [1.82, 2.24) is 0 Å². The molecule has 0 aliphatic rings.